The molecule has 3 rings (SSSR count). The molecule has 6 heteroatoms. The zero-order valence-electron chi connectivity index (χ0n) is 16.6. The van der Waals surface area contributed by atoms with Gasteiger partial charge in [0.1, 0.15) is 5.82 Å². The fourth-order valence-electron chi connectivity index (χ4n) is 4.18. The van der Waals surface area contributed by atoms with Crippen LogP contribution in [0.1, 0.15) is 41.6 Å². The average Bonchev–Trinajstić information content (AvgIpc) is 2.63. The number of amides is 2. The van der Waals surface area contributed by atoms with Crippen molar-refractivity contribution in [1.29, 1.82) is 0 Å². The Hall–Kier alpha value is -1.95. The summed E-state index contributed by atoms with van der Waals surface area (Å²) >= 11 is 0. The minimum absolute atomic E-state index is 0.100. The van der Waals surface area contributed by atoms with Gasteiger partial charge < -0.3 is 14.7 Å². The van der Waals surface area contributed by atoms with Gasteiger partial charge in [-0.2, -0.15) is 0 Å². The summed E-state index contributed by atoms with van der Waals surface area (Å²) in [5.74, 6) is -0.431. The summed E-state index contributed by atoms with van der Waals surface area (Å²) in [5.41, 5.74) is 1.07. The van der Waals surface area contributed by atoms with Crippen molar-refractivity contribution in [2.45, 2.75) is 32.6 Å². The molecule has 0 aromatic heterocycles. The summed E-state index contributed by atoms with van der Waals surface area (Å²) < 4.78 is 14.2. The molecule has 0 aliphatic carbocycles. The predicted octanol–water partition coefficient (Wildman–Crippen LogP) is 2.54. The van der Waals surface area contributed by atoms with Gasteiger partial charge in [-0.1, -0.05) is 6.07 Å². The molecule has 1 spiro atoms. The molecule has 0 radical (unpaired) electrons. The number of rotatable bonds is 4. The highest BCUT2D eigenvalue weighted by Gasteiger charge is 2.41. The highest BCUT2D eigenvalue weighted by molar-refractivity contribution is 5.94. The van der Waals surface area contributed by atoms with Gasteiger partial charge in [0.25, 0.3) is 5.91 Å². The van der Waals surface area contributed by atoms with E-state index in [2.05, 4.69) is 4.90 Å². The molecule has 0 saturated carbocycles. The monoisotopic (exact) mass is 375 g/mol. The molecule has 148 valence electrons. The molecule has 27 heavy (non-hydrogen) atoms. The van der Waals surface area contributed by atoms with E-state index in [1.54, 1.807) is 17.0 Å². The third-order valence-corrected chi connectivity index (χ3v) is 6.03. The Morgan fingerprint density at radius 3 is 2.56 bits per heavy atom. The smallest absolute Gasteiger partial charge is 0.256 e. The second kappa shape index (κ2) is 7.97. The van der Waals surface area contributed by atoms with Crippen LogP contribution in [0.5, 0.6) is 0 Å². The van der Waals surface area contributed by atoms with Gasteiger partial charge in [0.05, 0.1) is 5.56 Å². The molecule has 1 aromatic rings. The number of aryl methyl sites for hydroxylation is 1. The molecule has 2 fully saturated rings. The number of likely N-dealkylation sites (tertiary alicyclic amines) is 2. The van der Waals surface area contributed by atoms with Gasteiger partial charge >= 0.3 is 0 Å². The zero-order chi connectivity index (χ0) is 19.6. The van der Waals surface area contributed by atoms with Crippen molar-refractivity contribution in [3.05, 3.63) is 35.1 Å². The predicted molar refractivity (Wildman–Crippen MR) is 103 cm³/mol. The molecule has 0 N–H and O–H groups in total. The van der Waals surface area contributed by atoms with E-state index in [0.29, 0.717) is 19.5 Å². The van der Waals surface area contributed by atoms with E-state index in [1.807, 2.05) is 25.9 Å². The van der Waals surface area contributed by atoms with Gasteiger partial charge in [0, 0.05) is 39.1 Å². The van der Waals surface area contributed by atoms with E-state index in [0.717, 1.165) is 44.5 Å². The van der Waals surface area contributed by atoms with Gasteiger partial charge in [-0.15, -0.1) is 0 Å². The van der Waals surface area contributed by atoms with Gasteiger partial charge in [-0.05, 0) is 63.4 Å². The summed E-state index contributed by atoms with van der Waals surface area (Å²) in [4.78, 5) is 30.8. The molecule has 2 aliphatic rings. The van der Waals surface area contributed by atoms with Crippen molar-refractivity contribution in [2.75, 3.05) is 46.8 Å². The third kappa shape index (κ3) is 4.49. The van der Waals surface area contributed by atoms with E-state index in [-0.39, 0.29) is 22.8 Å². The first-order valence-corrected chi connectivity index (χ1v) is 9.78. The van der Waals surface area contributed by atoms with Crippen LogP contribution in [0.4, 0.5) is 4.39 Å². The standard InChI is InChI=1S/C21H30FN3O2/c1-16-4-5-17(18(22)14-16)20(27)24-10-8-21(9-11-24)7-6-19(26)25(15-21)13-12-23(2)3/h4-5,14H,6-13,15H2,1-3H3. The Morgan fingerprint density at radius 2 is 1.93 bits per heavy atom. The average molecular weight is 375 g/mol. The minimum atomic E-state index is -0.446. The van der Waals surface area contributed by atoms with Crippen molar-refractivity contribution in [1.82, 2.24) is 14.7 Å². The van der Waals surface area contributed by atoms with Crippen molar-refractivity contribution in [3.8, 4) is 0 Å². The van der Waals surface area contributed by atoms with E-state index < -0.39 is 5.82 Å². The quantitative estimate of drug-likeness (QED) is 0.812. The van der Waals surface area contributed by atoms with Crippen LogP contribution in [0, 0.1) is 18.2 Å². The molecule has 0 atom stereocenters. The number of hydrogen-bond donors (Lipinski definition) is 0. The normalized spacial score (nSPS) is 19.8. The lowest BCUT2D eigenvalue weighted by Crippen LogP contribution is -2.53. The minimum Gasteiger partial charge on any atom is -0.341 e. The maximum Gasteiger partial charge on any atom is 0.256 e. The van der Waals surface area contributed by atoms with E-state index in [4.69, 9.17) is 0 Å². The Morgan fingerprint density at radius 1 is 1.22 bits per heavy atom. The van der Waals surface area contributed by atoms with Crippen LogP contribution in [0.3, 0.4) is 0 Å². The summed E-state index contributed by atoms with van der Waals surface area (Å²) in [6.45, 7) is 5.46. The van der Waals surface area contributed by atoms with Crippen LogP contribution >= 0.6 is 0 Å². The fraction of sp³-hybridized carbons (Fsp3) is 0.619. The summed E-state index contributed by atoms with van der Waals surface area (Å²) in [5, 5.41) is 0. The Balaban J connectivity index is 1.62. The Kier molecular flexibility index (Phi) is 5.84. The lowest BCUT2D eigenvalue weighted by atomic mass is 9.72. The van der Waals surface area contributed by atoms with Crippen LogP contribution in [-0.2, 0) is 4.79 Å². The number of benzene rings is 1. The number of likely N-dealkylation sites (N-methyl/N-ethyl adjacent to an activating group) is 1. The van der Waals surface area contributed by atoms with E-state index in [9.17, 15) is 14.0 Å². The molecule has 0 bridgehead atoms. The molecule has 2 saturated heterocycles. The molecule has 2 aliphatic heterocycles. The first-order chi connectivity index (χ1) is 12.8. The summed E-state index contributed by atoms with van der Waals surface area (Å²) in [6, 6.07) is 4.77. The maximum atomic E-state index is 14.2. The fourth-order valence-corrected chi connectivity index (χ4v) is 4.18. The summed E-state index contributed by atoms with van der Waals surface area (Å²) in [7, 11) is 4.02. The molecular formula is C21H30FN3O2. The second-order valence-corrected chi connectivity index (χ2v) is 8.39. The van der Waals surface area contributed by atoms with E-state index >= 15 is 0 Å². The van der Waals surface area contributed by atoms with Crippen LogP contribution in [0.25, 0.3) is 0 Å². The SMILES string of the molecule is Cc1ccc(C(=O)N2CCC3(CCC(=O)N(CCN(C)C)C3)CC2)c(F)c1. The maximum absolute atomic E-state index is 14.2. The number of carbonyl (C=O) groups is 2. The van der Waals surface area contributed by atoms with Gasteiger partial charge in [0.15, 0.2) is 0 Å². The van der Waals surface area contributed by atoms with Gasteiger partial charge in [0.2, 0.25) is 5.91 Å². The van der Waals surface area contributed by atoms with Crippen molar-refractivity contribution >= 4 is 11.8 Å². The van der Waals surface area contributed by atoms with Crippen LogP contribution in [0.15, 0.2) is 18.2 Å². The molecule has 5 nitrogen and oxygen atoms in total. The first kappa shape index (κ1) is 19.8. The van der Waals surface area contributed by atoms with Crippen LogP contribution < -0.4 is 0 Å². The highest BCUT2D eigenvalue weighted by Crippen LogP contribution is 2.40. The number of carbonyl (C=O) groups excluding carboxylic acids is 2. The topological polar surface area (TPSA) is 43.9 Å². The lowest BCUT2D eigenvalue weighted by Gasteiger charge is -2.47. The highest BCUT2D eigenvalue weighted by atomic mass is 19.1. The number of hydrogen-bond acceptors (Lipinski definition) is 3. The van der Waals surface area contributed by atoms with Crippen LogP contribution in [-0.4, -0.2) is 73.3 Å². The molecular weight excluding hydrogens is 345 g/mol. The second-order valence-electron chi connectivity index (χ2n) is 8.39. The van der Waals surface area contributed by atoms with Crippen molar-refractivity contribution in [2.24, 2.45) is 5.41 Å². The number of halogens is 1. The van der Waals surface area contributed by atoms with Crippen molar-refractivity contribution in [3.63, 3.8) is 0 Å². The molecule has 0 unspecified atom stereocenters. The van der Waals surface area contributed by atoms with Crippen molar-refractivity contribution < 1.29 is 14.0 Å². The molecule has 2 amide bonds. The van der Waals surface area contributed by atoms with Gasteiger partial charge in [-0.25, -0.2) is 4.39 Å². The zero-order valence-corrected chi connectivity index (χ0v) is 16.6. The number of piperidine rings is 2. The van der Waals surface area contributed by atoms with E-state index in [1.165, 1.54) is 6.07 Å². The largest absolute Gasteiger partial charge is 0.341 e. The Labute approximate surface area is 161 Å². The number of nitrogens with zero attached hydrogens (tertiary/aromatic N) is 3. The lowest BCUT2D eigenvalue weighted by molar-refractivity contribution is -0.139. The van der Waals surface area contributed by atoms with Gasteiger partial charge in [-0.3, -0.25) is 9.59 Å². The molecule has 2 heterocycles. The van der Waals surface area contributed by atoms with Crippen LogP contribution in [0.2, 0.25) is 0 Å². The Bertz CT molecular complexity index is 711. The first-order valence-electron chi connectivity index (χ1n) is 9.78. The molecule has 1 aromatic carbocycles. The summed E-state index contributed by atoms with van der Waals surface area (Å²) in [6.07, 6.45) is 3.23. The third-order valence-electron chi connectivity index (χ3n) is 6.03.